The van der Waals surface area contributed by atoms with Crippen molar-refractivity contribution in [3.05, 3.63) is 43.6 Å². The van der Waals surface area contributed by atoms with Gasteiger partial charge in [0, 0.05) is 13.0 Å². The Kier molecular flexibility index (Phi) is 3.64. The average molecular weight is 295 g/mol. The molecule has 0 radical (unpaired) electrons. The van der Waals surface area contributed by atoms with Gasteiger partial charge in [-0.25, -0.2) is 19.0 Å². The molecular formula is C13H17N3O5. The summed E-state index contributed by atoms with van der Waals surface area (Å²) >= 11 is 0. The predicted molar refractivity (Wildman–Crippen MR) is 72.9 cm³/mol. The van der Waals surface area contributed by atoms with Gasteiger partial charge in [-0.15, -0.1) is 0 Å². The highest BCUT2D eigenvalue weighted by atomic mass is 17.0. The standard InChI is InChI=1S/C13H17N3O5/c17-10-14-11(18)16(12(19)15-10)8-6-4-2-1-3-5-7-13-9(20-13)21-13/h1-2,9H,3-8H2,(H2,14,15,17,18,19). The molecule has 2 aliphatic rings. The Morgan fingerprint density at radius 3 is 2.19 bits per heavy atom. The third-order valence-electron chi connectivity index (χ3n) is 3.60. The van der Waals surface area contributed by atoms with Crippen LogP contribution in [0.1, 0.15) is 32.1 Å². The molecule has 3 rings (SSSR count). The smallest absolute Gasteiger partial charge is 0.310 e. The highest BCUT2D eigenvalue weighted by Gasteiger charge is 2.76. The highest BCUT2D eigenvalue weighted by molar-refractivity contribution is 5.02. The Hall–Kier alpha value is -1.93. The molecule has 0 aliphatic carbocycles. The van der Waals surface area contributed by atoms with Crippen LogP contribution < -0.4 is 17.1 Å². The average Bonchev–Trinajstić information content (AvgIpc) is 3.24. The van der Waals surface area contributed by atoms with E-state index < -0.39 is 17.1 Å². The van der Waals surface area contributed by atoms with Gasteiger partial charge >= 0.3 is 17.1 Å². The van der Waals surface area contributed by atoms with Gasteiger partial charge in [0.15, 0.2) is 0 Å². The van der Waals surface area contributed by atoms with Crippen molar-refractivity contribution < 1.29 is 9.47 Å². The molecule has 2 N–H and O–H groups in total. The second-order valence-electron chi connectivity index (χ2n) is 5.23. The van der Waals surface area contributed by atoms with Crippen LogP contribution in [0.15, 0.2) is 26.5 Å². The lowest BCUT2D eigenvalue weighted by atomic mass is 10.1. The van der Waals surface area contributed by atoms with E-state index in [0.29, 0.717) is 6.42 Å². The van der Waals surface area contributed by atoms with Crippen molar-refractivity contribution >= 4 is 0 Å². The number of nitrogens with one attached hydrogen (secondary N) is 2. The Morgan fingerprint density at radius 1 is 1.05 bits per heavy atom. The summed E-state index contributed by atoms with van der Waals surface area (Å²) in [5.74, 6) is -0.208. The van der Waals surface area contributed by atoms with Gasteiger partial charge < -0.3 is 9.47 Å². The first-order valence-corrected chi connectivity index (χ1v) is 7.05. The molecule has 21 heavy (non-hydrogen) atoms. The number of allylic oxidation sites excluding steroid dienone is 2. The fraction of sp³-hybridized carbons (Fsp3) is 0.615. The Balaban J connectivity index is 1.35. The number of fused-ring (bicyclic) bond motifs is 1. The first kappa shape index (κ1) is 14.0. The van der Waals surface area contributed by atoms with Crippen molar-refractivity contribution in [1.82, 2.24) is 14.5 Å². The molecule has 0 bridgehead atoms. The van der Waals surface area contributed by atoms with E-state index in [1.807, 2.05) is 16.0 Å². The van der Waals surface area contributed by atoms with Crippen LogP contribution >= 0.6 is 0 Å². The summed E-state index contributed by atoms with van der Waals surface area (Å²) in [7, 11) is 0. The van der Waals surface area contributed by atoms with Gasteiger partial charge in [-0.05, 0) is 25.7 Å². The van der Waals surface area contributed by atoms with Crippen molar-refractivity contribution in [2.75, 3.05) is 0 Å². The molecule has 0 spiro atoms. The number of H-pyrrole nitrogens is 2. The minimum Gasteiger partial charge on any atom is -0.310 e. The van der Waals surface area contributed by atoms with E-state index >= 15 is 0 Å². The van der Waals surface area contributed by atoms with E-state index in [9.17, 15) is 14.4 Å². The molecule has 0 atom stereocenters. The molecule has 1 aromatic rings. The van der Waals surface area contributed by atoms with Crippen LogP contribution in [0.5, 0.6) is 0 Å². The van der Waals surface area contributed by atoms with Crippen LogP contribution in [0.2, 0.25) is 0 Å². The molecule has 8 nitrogen and oxygen atoms in total. The second kappa shape index (κ2) is 5.45. The van der Waals surface area contributed by atoms with Gasteiger partial charge in [0.2, 0.25) is 12.1 Å². The zero-order valence-electron chi connectivity index (χ0n) is 11.5. The number of hydrogen-bond donors (Lipinski definition) is 2. The van der Waals surface area contributed by atoms with Crippen molar-refractivity contribution in [2.45, 2.75) is 50.7 Å². The maximum Gasteiger partial charge on any atom is 0.333 e. The van der Waals surface area contributed by atoms with Gasteiger partial charge in [0.1, 0.15) is 0 Å². The summed E-state index contributed by atoms with van der Waals surface area (Å²) < 4.78 is 11.4. The van der Waals surface area contributed by atoms with E-state index in [0.717, 1.165) is 30.3 Å². The number of hydrogen-bond acceptors (Lipinski definition) is 5. The number of epoxide rings is 2. The van der Waals surface area contributed by atoms with Crippen LogP contribution in [0.4, 0.5) is 0 Å². The van der Waals surface area contributed by atoms with E-state index in [4.69, 9.17) is 9.47 Å². The molecule has 0 saturated carbocycles. The van der Waals surface area contributed by atoms with Gasteiger partial charge in [0.25, 0.3) is 0 Å². The lowest BCUT2D eigenvalue weighted by molar-refractivity contribution is -0.0539. The Morgan fingerprint density at radius 2 is 1.62 bits per heavy atom. The molecule has 3 heterocycles. The third-order valence-corrected chi connectivity index (χ3v) is 3.60. The molecule has 8 heteroatoms. The minimum absolute atomic E-state index is 0.0789. The number of aromatic nitrogens is 3. The maximum absolute atomic E-state index is 11.4. The summed E-state index contributed by atoms with van der Waals surface area (Å²) in [4.78, 5) is 37.7. The summed E-state index contributed by atoms with van der Waals surface area (Å²) in [5, 5.41) is 0. The molecular weight excluding hydrogens is 278 g/mol. The maximum atomic E-state index is 11.4. The molecule has 114 valence electrons. The van der Waals surface area contributed by atoms with E-state index in [1.54, 1.807) is 0 Å². The molecule has 0 aromatic carbocycles. The summed E-state index contributed by atoms with van der Waals surface area (Å²) in [5.41, 5.74) is -2.12. The fourth-order valence-corrected chi connectivity index (χ4v) is 2.26. The van der Waals surface area contributed by atoms with Crippen LogP contribution in [-0.4, -0.2) is 26.6 Å². The second-order valence-corrected chi connectivity index (χ2v) is 5.23. The lowest BCUT2D eigenvalue weighted by Crippen LogP contribution is -2.43. The third kappa shape index (κ3) is 3.22. The lowest BCUT2D eigenvalue weighted by Gasteiger charge is -2.01. The summed E-state index contributed by atoms with van der Waals surface area (Å²) in [6.07, 6.45) is 8.53. The molecule has 2 saturated heterocycles. The Bertz CT molecular complexity index is 673. The van der Waals surface area contributed by atoms with Gasteiger partial charge in [-0.2, -0.15) is 0 Å². The zero-order chi connectivity index (χ0) is 14.9. The van der Waals surface area contributed by atoms with Gasteiger partial charge in [-0.3, -0.25) is 9.97 Å². The molecule has 0 amide bonds. The van der Waals surface area contributed by atoms with E-state index in [-0.39, 0.29) is 18.6 Å². The summed E-state index contributed by atoms with van der Waals surface area (Å²) in [6.45, 7) is 0.280. The Labute approximate surface area is 119 Å². The van der Waals surface area contributed by atoms with Crippen molar-refractivity contribution in [3.8, 4) is 0 Å². The number of ether oxygens (including phenoxy) is 2. The molecule has 2 fully saturated rings. The predicted octanol–water partition coefficient (Wildman–Crippen LogP) is -0.186. The molecule has 2 aliphatic heterocycles. The van der Waals surface area contributed by atoms with Crippen LogP contribution in [0, 0.1) is 0 Å². The SMILES string of the molecule is O=c1[nH]c(=O)n(CCCC=CCCCC23OC2O3)c(=O)[nH]1. The topological polar surface area (TPSA) is 113 Å². The fourth-order valence-electron chi connectivity index (χ4n) is 2.26. The van der Waals surface area contributed by atoms with Crippen molar-refractivity contribution in [3.63, 3.8) is 0 Å². The van der Waals surface area contributed by atoms with Crippen LogP contribution in [0.3, 0.4) is 0 Å². The van der Waals surface area contributed by atoms with Crippen molar-refractivity contribution in [1.29, 1.82) is 0 Å². The highest BCUT2D eigenvalue weighted by Crippen LogP contribution is 2.59. The van der Waals surface area contributed by atoms with Gasteiger partial charge in [0.05, 0.1) is 0 Å². The van der Waals surface area contributed by atoms with Crippen molar-refractivity contribution in [2.24, 2.45) is 0 Å². The van der Waals surface area contributed by atoms with Crippen LogP contribution in [-0.2, 0) is 16.0 Å². The number of rotatable bonds is 8. The quantitative estimate of drug-likeness (QED) is 0.392. The summed E-state index contributed by atoms with van der Waals surface area (Å²) in [6, 6.07) is 0. The number of aromatic amines is 2. The van der Waals surface area contributed by atoms with Crippen LogP contribution in [0.25, 0.3) is 0 Å². The van der Waals surface area contributed by atoms with Gasteiger partial charge in [-0.1, -0.05) is 12.2 Å². The molecule has 1 aromatic heterocycles. The first-order valence-electron chi connectivity index (χ1n) is 7.05. The largest absolute Gasteiger partial charge is 0.333 e. The monoisotopic (exact) mass is 295 g/mol. The first-order chi connectivity index (χ1) is 10.1. The minimum atomic E-state index is -0.776. The number of nitrogens with zero attached hydrogens (tertiary/aromatic N) is 1. The number of unbranched alkanes of at least 4 members (excludes halogenated alkanes) is 2. The molecule has 0 unspecified atom stereocenters. The normalized spacial score (nSPS) is 26.0. The zero-order valence-corrected chi connectivity index (χ0v) is 11.5. The van der Waals surface area contributed by atoms with E-state index in [2.05, 4.69) is 6.08 Å². The van der Waals surface area contributed by atoms with E-state index in [1.165, 1.54) is 0 Å².